The molecule has 0 aromatic heterocycles. The predicted octanol–water partition coefficient (Wildman–Crippen LogP) is 2.39. The molecule has 0 saturated carbocycles. The minimum absolute atomic E-state index is 0. The molecule has 0 saturated heterocycles. The molecule has 142 valence electrons. The van der Waals surface area contributed by atoms with E-state index in [1.54, 1.807) is 14.1 Å². The number of rotatable bonds is 9. The first-order valence-electron chi connectivity index (χ1n) is 8.40. The lowest BCUT2D eigenvalue weighted by molar-refractivity contribution is 0.0963. The van der Waals surface area contributed by atoms with Crippen LogP contribution in [0, 0.1) is 5.92 Å². The van der Waals surface area contributed by atoms with Crippen molar-refractivity contribution in [3.63, 3.8) is 0 Å². The van der Waals surface area contributed by atoms with Gasteiger partial charge in [0.15, 0.2) is 5.96 Å². The van der Waals surface area contributed by atoms with Crippen molar-refractivity contribution in [2.75, 3.05) is 33.9 Å². The van der Waals surface area contributed by atoms with Crippen molar-refractivity contribution in [2.24, 2.45) is 10.9 Å². The van der Waals surface area contributed by atoms with Crippen molar-refractivity contribution < 1.29 is 9.53 Å². The standard InChI is InChI=1S/C18H30N4O2.HI/c1-14(2)9-11-24-12-10-21-18(20-4)22-13-15-5-7-16(8-6-15)17(23)19-3;/h5-8,14H,9-13H2,1-4H3,(H,19,23)(H2,20,21,22);1H. The Balaban J connectivity index is 0.00000576. The molecule has 0 spiro atoms. The third kappa shape index (κ3) is 10.3. The topological polar surface area (TPSA) is 74.8 Å². The van der Waals surface area contributed by atoms with Gasteiger partial charge in [-0.3, -0.25) is 9.79 Å². The number of guanidine groups is 1. The molecule has 25 heavy (non-hydrogen) atoms. The fourth-order valence-corrected chi connectivity index (χ4v) is 1.99. The Kier molecular flexibility index (Phi) is 13.1. The number of aliphatic imine (C=N–C) groups is 1. The summed E-state index contributed by atoms with van der Waals surface area (Å²) in [5, 5.41) is 9.06. The first kappa shape index (κ1) is 23.6. The molecule has 0 aliphatic rings. The first-order chi connectivity index (χ1) is 11.6. The lowest BCUT2D eigenvalue weighted by Gasteiger charge is -2.12. The Bertz CT molecular complexity index is 518. The predicted molar refractivity (Wildman–Crippen MR) is 114 cm³/mol. The van der Waals surface area contributed by atoms with E-state index in [2.05, 4.69) is 34.8 Å². The van der Waals surface area contributed by atoms with E-state index >= 15 is 0 Å². The molecule has 7 heteroatoms. The summed E-state index contributed by atoms with van der Waals surface area (Å²) in [7, 11) is 3.36. The highest BCUT2D eigenvalue weighted by molar-refractivity contribution is 14.0. The smallest absolute Gasteiger partial charge is 0.251 e. The summed E-state index contributed by atoms with van der Waals surface area (Å²) in [6, 6.07) is 7.49. The van der Waals surface area contributed by atoms with Gasteiger partial charge in [-0.25, -0.2) is 0 Å². The molecule has 0 fully saturated rings. The van der Waals surface area contributed by atoms with Gasteiger partial charge in [0.1, 0.15) is 0 Å². The molecule has 0 radical (unpaired) electrons. The average Bonchev–Trinajstić information content (AvgIpc) is 2.60. The van der Waals surface area contributed by atoms with E-state index in [1.165, 1.54) is 0 Å². The van der Waals surface area contributed by atoms with Gasteiger partial charge in [0.2, 0.25) is 0 Å². The molecular formula is C18H31IN4O2. The van der Waals surface area contributed by atoms with Gasteiger partial charge >= 0.3 is 0 Å². The maximum atomic E-state index is 11.5. The number of nitrogens with zero attached hydrogens (tertiary/aromatic N) is 1. The van der Waals surface area contributed by atoms with Gasteiger partial charge in [-0.1, -0.05) is 26.0 Å². The highest BCUT2D eigenvalue weighted by Gasteiger charge is 2.03. The summed E-state index contributed by atoms with van der Waals surface area (Å²) in [6.45, 7) is 7.19. The summed E-state index contributed by atoms with van der Waals surface area (Å²) in [6.07, 6.45) is 1.08. The third-order valence-corrected chi connectivity index (χ3v) is 3.51. The van der Waals surface area contributed by atoms with Gasteiger partial charge in [-0.2, -0.15) is 0 Å². The summed E-state index contributed by atoms with van der Waals surface area (Å²) < 4.78 is 5.57. The molecule has 0 bridgehead atoms. The Morgan fingerprint density at radius 3 is 2.40 bits per heavy atom. The van der Waals surface area contributed by atoms with E-state index in [-0.39, 0.29) is 29.9 Å². The molecule has 1 aromatic carbocycles. The van der Waals surface area contributed by atoms with E-state index in [0.717, 1.165) is 24.6 Å². The van der Waals surface area contributed by atoms with Crippen LogP contribution in [0.5, 0.6) is 0 Å². The molecule has 0 atom stereocenters. The zero-order chi connectivity index (χ0) is 17.8. The van der Waals surface area contributed by atoms with Crippen LogP contribution in [0.4, 0.5) is 0 Å². The van der Waals surface area contributed by atoms with Crippen LogP contribution in [0.3, 0.4) is 0 Å². The normalized spacial score (nSPS) is 11.0. The lowest BCUT2D eigenvalue weighted by atomic mass is 10.1. The highest BCUT2D eigenvalue weighted by atomic mass is 127. The lowest BCUT2D eigenvalue weighted by Crippen LogP contribution is -2.38. The Morgan fingerprint density at radius 2 is 1.84 bits per heavy atom. The number of benzene rings is 1. The van der Waals surface area contributed by atoms with Crippen molar-refractivity contribution in [3.8, 4) is 0 Å². The van der Waals surface area contributed by atoms with Crippen LogP contribution in [0.15, 0.2) is 29.3 Å². The summed E-state index contributed by atoms with van der Waals surface area (Å²) >= 11 is 0. The molecule has 0 aliphatic heterocycles. The molecule has 0 heterocycles. The summed E-state index contributed by atoms with van der Waals surface area (Å²) in [4.78, 5) is 15.7. The second kappa shape index (κ2) is 13.9. The van der Waals surface area contributed by atoms with Gasteiger partial charge in [0.25, 0.3) is 5.91 Å². The largest absolute Gasteiger partial charge is 0.380 e. The fraction of sp³-hybridized carbons (Fsp3) is 0.556. The van der Waals surface area contributed by atoms with Crippen LogP contribution in [-0.2, 0) is 11.3 Å². The van der Waals surface area contributed by atoms with Gasteiger partial charge < -0.3 is 20.7 Å². The number of carbonyl (C=O) groups excluding carboxylic acids is 1. The van der Waals surface area contributed by atoms with Crippen LogP contribution in [0.2, 0.25) is 0 Å². The number of amides is 1. The van der Waals surface area contributed by atoms with E-state index in [4.69, 9.17) is 4.74 Å². The van der Waals surface area contributed by atoms with E-state index in [0.29, 0.717) is 31.2 Å². The first-order valence-corrected chi connectivity index (χ1v) is 8.40. The van der Waals surface area contributed by atoms with Gasteiger partial charge in [-0.15, -0.1) is 24.0 Å². The quantitative estimate of drug-likeness (QED) is 0.228. The van der Waals surface area contributed by atoms with Crippen molar-refractivity contribution in [2.45, 2.75) is 26.8 Å². The average molecular weight is 462 g/mol. The second-order valence-electron chi connectivity index (χ2n) is 5.92. The number of carbonyl (C=O) groups is 1. The van der Waals surface area contributed by atoms with E-state index in [1.807, 2.05) is 24.3 Å². The SMILES string of the molecule is CN=C(NCCOCCC(C)C)NCc1ccc(C(=O)NC)cc1.I. The van der Waals surface area contributed by atoms with Crippen LogP contribution in [-0.4, -0.2) is 45.7 Å². The number of hydrogen-bond donors (Lipinski definition) is 3. The molecule has 1 aromatic rings. The van der Waals surface area contributed by atoms with Crippen LogP contribution < -0.4 is 16.0 Å². The Morgan fingerprint density at radius 1 is 1.16 bits per heavy atom. The van der Waals surface area contributed by atoms with E-state index < -0.39 is 0 Å². The molecule has 0 unspecified atom stereocenters. The number of nitrogens with one attached hydrogen (secondary N) is 3. The summed E-state index contributed by atoms with van der Waals surface area (Å²) in [5.41, 5.74) is 1.74. The molecule has 1 rings (SSSR count). The maximum absolute atomic E-state index is 11.5. The van der Waals surface area contributed by atoms with Crippen molar-refractivity contribution >= 4 is 35.8 Å². The molecule has 3 N–H and O–H groups in total. The molecular weight excluding hydrogens is 431 g/mol. The zero-order valence-electron chi connectivity index (χ0n) is 15.6. The van der Waals surface area contributed by atoms with Gasteiger partial charge in [-0.05, 0) is 30.0 Å². The summed E-state index contributed by atoms with van der Waals surface area (Å²) in [5.74, 6) is 1.32. The number of ether oxygens (including phenoxy) is 1. The molecule has 6 nitrogen and oxygen atoms in total. The number of hydrogen-bond acceptors (Lipinski definition) is 3. The van der Waals surface area contributed by atoms with Gasteiger partial charge in [0, 0.05) is 39.4 Å². The van der Waals surface area contributed by atoms with Crippen molar-refractivity contribution in [1.82, 2.24) is 16.0 Å². The van der Waals surface area contributed by atoms with Crippen molar-refractivity contribution in [3.05, 3.63) is 35.4 Å². The van der Waals surface area contributed by atoms with Crippen LogP contribution in [0.1, 0.15) is 36.2 Å². The van der Waals surface area contributed by atoms with Crippen molar-refractivity contribution in [1.29, 1.82) is 0 Å². The second-order valence-corrected chi connectivity index (χ2v) is 5.92. The minimum atomic E-state index is -0.0792. The highest BCUT2D eigenvalue weighted by Crippen LogP contribution is 2.04. The fourth-order valence-electron chi connectivity index (χ4n) is 1.99. The third-order valence-electron chi connectivity index (χ3n) is 3.51. The van der Waals surface area contributed by atoms with Gasteiger partial charge in [0.05, 0.1) is 6.61 Å². The molecule has 0 aliphatic carbocycles. The zero-order valence-corrected chi connectivity index (χ0v) is 17.9. The minimum Gasteiger partial charge on any atom is -0.380 e. The number of halogens is 1. The monoisotopic (exact) mass is 462 g/mol. The molecule has 1 amide bonds. The van der Waals surface area contributed by atoms with E-state index in [9.17, 15) is 4.79 Å². The Labute approximate surface area is 168 Å². The maximum Gasteiger partial charge on any atom is 0.251 e. The van der Waals surface area contributed by atoms with Crippen LogP contribution >= 0.6 is 24.0 Å². The van der Waals surface area contributed by atoms with Crippen LogP contribution in [0.25, 0.3) is 0 Å². The Hall–Kier alpha value is -1.35.